The van der Waals surface area contributed by atoms with E-state index in [1.165, 1.54) is 0 Å². The molecule has 0 aliphatic heterocycles. The zero-order chi connectivity index (χ0) is 15.2. The van der Waals surface area contributed by atoms with Gasteiger partial charge in [-0.3, -0.25) is 5.43 Å². The lowest BCUT2D eigenvalue weighted by Crippen LogP contribution is -2.03. The Balaban J connectivity index is 2.25. The molecule has 0 atom stereocenters. The molecule has 0 bridgehead atoms. The van der Waals surface area contributed by atoms with Crippen molar-refractivity contribution >= 4 is 27.3 Å². The van der Waals surface area contributed by atoms with Crippen molar-refractivity contribution in [1.82, 2.24) is 0 Å². The molecule has 2 rings (SSSR count). The van der Waals surface area contributed by atoms with E-state index in [0.29, 0.717) is 0 Å². The molecule has 0 unspecified atom stereocenters. The van der Waals surface area contributed by atoms with Crippen molar-refractivity contribution in [3.63, 3.8) is 0 Å². The summed E-state index contributed by atoms with van der Waals surface area (Å²) in [7, 11) is 3.26. The number of ether oxygens (including phenoxy) is 2. The minimum atomic E-state index is 0.726. The van der Waals surface area contributed by atoms with Gasteiger partial charge in [-0.05, 0) is 47.1 Å². The van der Waals surface area contributed by atoms with Crippen LogP contribution >= 0.6 is 15.9 Å². The van der Waals surface area contributed by atoms with E-state index < -0.39 is 0 Å². The molecule has 0 saturated carbocycles. The smallest absolute Gasteiger partial charge is 0.131 e. The first-order valence-corrected chi connectivity index (χ1v) is 7.22. The first kappa shape index (κ1) is 15.4. The number of hydrogen-bond donors (Lipinski definition) is 1. The maximum absolute atomic E-state index is 5.39. The van der Waals surface area contributed by atoms with E-state index in [0.717, 1.165) is 32.9 Å². The van der Waals surface area contributed by atoms with Crippen molar-refractivity contribution < 1.29 is 9.47 Å². The topological polar surface area (TPSA) is 42.8 Å². The van der Waals surface area contributed by atoms with Crippen molar-refractivity contribution in [2.24, 2.45) is 5.10 Å². The number of halogens is 1. The van der Waals surface area contributed by atoms with E-state index in [9.17, 15) is 0 Å². The Bertz CT molecular complexity index is 656. The molecule has 0 aliphatic rings. The average Bonchev–Trinajstić information content (AvgIpc) is 2.53. The van der Waals surface area contributed by atoms with Gasteiger partial charge in [-0.2, -0.15) is 5.10 Å². The number of hydrazone groups is 1. The van der Waals surface area contributed by atoms with E-state index in [1.54, 1.807) is 14.2 Å². The summed E-state index contributed by atoms with van der Waals surface area (Å²) in [5.41, 5.74) is 5.69. The van der Waals surface area contributed by atoms with E-state index in [-0.39, 0.29) is 0 Å². The summed E-state index contributed by atoms with van der Waals surface area (Å²) in [6.45, 7) is 1.92. The number of methoxy groups -OCH3 is 2. The molecule has 0 heterocycles. The molecular formula is C16H17BrN2O2. The summed E-state index contributed by atoms with van der Waals surface area (Å²) in [6, 6.07) is 13.5. The average molecular weight is 349 g/mol. The minimum Gasteiger partial charge on any atom is -0.497 e. The van der Waals surface area contributed by atoms with E-state index >= 15 is 0 Å². The fourth-order valence-corrected chi connectivity index (χ4v) is 2.23. The first-order chi connectivity index (χ1) is 10.2. The van der Waals surface area contributed by atoms with Gasteiger partial charge < -0.3 is 9.47 Å². The van der Waals surface area contributed by atoms with Gasteiger partial charge >= 0.3 is 0 Å². The predicted octanol–water partition coefficient (Wildman–Crippen LogP) is 4.30. The molecule has 1 N–H and O–H groups in total. The fourth-order valence-electron chi connectivity index (χ4n) is 1.85. The summed E-state index contributed by atoms with van der Waals surface area (Å²) >= 11 is 3.48. The van der Waals surface area contributed by atoms with Crippen LogP contribution in [0.25, 0.3) is 0 Å². The molecule has 2 aromatic rings. The van der Waals surface area contributed by atoms with Gasteiger partial charge in [0.2, 0.25) is 0 Å². The molecule has 0 saturated heterocycles. The standard InChI is InChI=1S/C16H17BrN2O2/c1-11(18-19-15-7-5-4-6-14(15)17)13-9-8-12(20-2)10-16(13)21-3/h4-10,19H,1-3H3. The van der Waals surface area contributed by atoms with E-state index in [1.807, 2.05) is 49.4 Å². The Labute approximate surface area is 132 Å². The second-order valence-electron chi connectivity index (χ2n) is 4.36. The van der Waals surface area contributed by atoms with E-state index in [2.05, 4.69) is 26.5 Å². The van der Waals surface area contributed by atoms with Gasteiger partial charge in [0.05, 0.1) is 25.6 Å². The van der Waals surface area contributed by atoms with Gasteiger partial charge in [0.25, 0.3) is 0 Å². The van der Waals surface area contributed by atoms with Crippen LogP contribution in [0.4, 0.5) is 5.69 Å². The zero-order valence-electron chi connectivity index (χ0n) is 12.2. The number of anilines is 1. The van der Waals surface area contributed by atoms with Crippen LogP contribution in [0, 0.1) is 0 Å². The fraction of sp³-hybridized carbons (Fsp3) is 0.188. The molecule has 4 nitrogen and oxygen atoms in total. The van der Waals surface area contributed by atoms with Gasteiger partial charge in [0.15, 0.2) is 0 Å². The number of benzene rings is 2. The van der Waals surface area contributed by atoms with Crippen LogP contribution in [0.2, 0.25) is 0 Å². The molecule has 110 valence electrons. The van der Waals surface area contributed by atoms with Crippen molar-refractivity contribution in [1.29, 1.82) is 0 Å². The summed E-state index contributed by atoms with van der Waals surface area (Å²) in [5.74, 6) is 1.48. The van der Waals surface area contributed by atoms with Crippen molar-refractivity contribution in [2.75, 3.05) is 19.6 Å². The molecule has 2 aromatic carbocycles. The molecule has 21 heavy (non-hydrogen) atoms. The molecule has 0 aliphatic carbocycles. The maximum atomic E-state index is 5.39. The Morgan fingerprint density at radius 3 is 2.52 bits per heavy atom. The predicted molar refractivity (Wildman–Crippen MR) is 89.5 cm³/mol. The third-order valence-corrected chi connectivity index (χ3v) is 3.71. The SMILES string of the molecule is COc1ccc(C(C)=NNc2ccccc2Br)c(OC)c1. The highest BCUT2D eigenvalue weighted by Crippen LogP contribution is 2.26. The third kappa shape index (κ3) is 3.76. The summed E-state index contributed by atoms with van der Waals surface area (Å²) in [5, 5.41) is 4.41. The van der Waals surface area contributed by atoms with E-state index in [4.69, 9.17) is 9.47 Å². The molecular weight excluding hydrogens is 332 g/mol. The van der Waals surface area contributed by atoms with Gasteiger partial charge in [0, 0.05) is 16.1 Å². The van der Waals surface area contributed by atoms with Crippen LogP contribution in [0.15, 0.2) is 52.0 Å². The quantitative estimate of drug-likeness (QED) is 0.646. The number of hydrogen-bond acceptors (Lipinski definition) is 4. The van der Waals surface area contributed by atoms with Gasteiger partial charge in [0.1, 0.15) is 11.5 Å². The van der Waals surface area contributed by atoms with Crippen LogP contribution in [-0.2, 0) is 0 Å². The van der Waals surface area contributed by atoms with Gasteiger partial charge in [-0.15, -0.1) is 0 Å². The molecule has 0 amide bonds. The molecule has 5 heteroatoms. The zero-order valence-corrected chi connectivity index (χ0v) is 13.8. The monoisotopic (exact) mass is 348 g/mol. The lowest BCUT2D eigenvalue weighted by Gasteiger charge is -2.11. The maximum Gasteiger partial charge on any atom is 0.131 e. The Hall–Kier alpha value is -2.01. The minimum absolute atomic E-state index is 0.726. The molecule has 0 fully saturated rings. The Morgan fingerprint density at radius 1 is 1.10 bits per heavy atom. The lowest BCUT2D eigenvalue weighted by molar-refractivity contribution is 0.394. The summed E-state index contributed by atoms with van der Waals surface area (Å²) < 4.78 is 11.5. The summed E-state index contributed by atoms with van der Waals surface area (Å²) in [4.78, 5) is 0. The van der Waals surface area contributed by atoms with Crippen molar-refractivity contribution in [3.05, 3.63) is 52.5 Å². The highest BCUT2D eigenvalue weighted by molar-refractivity contribution is 9.10. The lowest BCUT2D eigenvalue weighted by atomic mass is 10.1. The van der Waals surface area contributed by atoms with Crippen molar-refractivity contribution in [2.45, 2.75) is 6.92 Å². The van der Waals surface area contributed by atoms with Crippen LogP contribution < -0.4 is 14.9 Å². The number of rotatable bonds is 5. The Morgan fingerprint density at radius 2 is 1.86 bits per heavy atom. The van der Waals surface area contributed by atoms with Gasteiger partial charge in [-0.1, -0.05) is 12.1 Å². The largest absolute Gasteiger partial charge is 0.497 e. The highest BCUT2D eigenvalue weighted by atomic mass is 79.9. The number of para-hydroxylation sites is 1. The van der Waals surface area contributed by atoms with Crippen LogP contribution in [0.1, 0.15) is 12.5 Å². The normalized spacial score (nSPS) is 11.1. The van der Waals surface area contributed by atoms with Crippen LogP contribution in [0.5, 0.6) is 11.5 Å². The Kier molecular flexibility index (Phi) is 5.22. The third-order valence-electron chi connectivity index (χ3n) is 3.02. The first-order valence-electron chi connectivity index (χ1n) is 6.43. The molecule has 0 radical (unpaired) electrons. The molecule has 0 aromatic heterocycles. The summed E-state index contributed by atoms with van der Waals surface area (Å²) in [6.07, 6.45) is 0. The van der Waals surface area contributed by atoms with Crippen LogP contribution in [-0.4, -0.2) is 19.9 Å². The van der Waals surface area contributed by atoms with Crippen molar-refractivity contribution in [3.8, 4) is 11.5 Å². The van der Waals surface area contributed by atoms with Crippen LogP contribution in [0.3, 0.4) is 0 Å². The molecule has 0 spiro atoms. The number of nitrogens with zero attached hydrogens (tertiary/aromatic N) is 1. The number of nitrogens with one attached hydrogen (secondary N) is 1. The second kappa shape index (κ2) is 7.13. The second-order valence-corrected chi connectivity index (χ2v) is 5.21. The van der Waals surface area contributed by atoms with Gasteiger partial charge in [-0.25, -0.2) is 0 Å². The highest BCUT2D eigenvalue weighted by Gasteiger charge is 2.08.